The van der Waals surface area contributed by atoms with Crippen LogP contribution in [0.5, 0.6) is 5.75 Å². The van der Waals surface area contributed by atoms with Crippen LogP contribution in [0.3, 0.4) is 0 Å². The second-order valence-electron chi connectivity index (χ2n) is 6.23. The molecule has 1 rings (SSSR count). The van der Waals surface area contributed by atoms with Crippen molar-refractivity contribution in [2.75, 3.05) is 27.2 Å². The minimum Gasteiger partial charge on any atom is -0.493 e. The minimum atomic E-state index is 0.467. The average molecular weight is 342 g/mol. The Morgan fingerprint density at radius 2 is 1.55 bits per heavy atom. The molecular formula is C17H28BrNO. The highest BCUT2D eigenvalue weighted by Gasteiger charge is 2.16. The molecule has 0 atom stereocenters. The fraction of sp³-hybridized carbons (Fsp3) is 0.647. The lowest BCUT2D eigenvalue weighted by molar-refractivity contribution is 0.275. The minimum absolute atomic E-state index is 0.467. The van der Waals surface area contributed by atoms with E-state index in [0.717, 1.165) is 29.8 Å². The molecule has 0 aliphatic heterocycles. The molecule has 0 aliphatic rings. The summed E-state index contributed by atoms with van der Waals surface area (Å²) in [6, 6.07) is 4.38. The zero-order valence-electron chi connectivity index (χ0n) is 13.7. The van der Waals surface area contributed by atoms with Gasteiger partial charge in [-0.2, -0.15) is 0 Å². The second kappa shape index (κ2) is 8.04. The summed E-state index contributed by atoms with van der Waals surface area (Å²) in [6.45, 7) is 10.7. The molecule has 0 aliphatic carbocycles. The van der Waals surface area contributed by atoms with E-state index in [1.54, 1.807) is 0 Å². The third-order valence-electron chi connectivity index (χ3n) is 3.35. The predicted molar refractivity (Wildman–Crippen MR) is 91.0 cm³/mol. The first-order valence-electron chi connectivity index (χ1n) is 7.43. The lowest BCUT2D eigenvalue weighted by Gasteiger charge is -2.21. The highest BCUT2D eigenvalue weighted by molar-refractivity contribution is 9.10. The van der Waals surface area contributed by atoms with Crippen LogP contribution in [0.15, 0.2) is 16.6 Å². The van der Waals surface area contributed by atoms with Gasteiger partial charge in [-0.3, -0.25) is 0 Å². The van der Waals surface area contributed by atoms with Gasteiger partial charge >= 0.3 is 0 Å². The van der Waals surface area contributed by atoms with Crippen molar-refractivity contribution in [2.45, 2.75) is 46.0 Å². The maximum atomic E-state index is 6.15. The third-order valence-corrected chi connectivity index (χ3v) is 3.81. The number of benzene rings is 1. The lowest BCUT2D eigenvalue weighted by atomic mass is 9.94. The Kier molecular flexibility index (Phi) is 7.04. The van der Waals surface area contributed by atoms with Crippen LogP contribution in [0, 0.1) is 0 Å². The Morgan fingerprint density at radius 1 is 1.05 bits per heavy atom. The van der Waals surface area contributed by atoms with Crippen LogP contribution in [-0.4, -0.2) is 32.1 Å². The quantitative estimate of drug-likeness (QED) is 0.645. The molecule has 2 nitrogen and oxygen atoms in total. The van der Waals surface area contributed by atoms with E-state index in [1.807, 2.05) is 0 Å². The van der Waals surface area contributed by atoms with Crippen LogP contribution in [-0.2, 0) is 0 Å². The fourth-order valence-electron chi connectivity index (χ4n) is 2.22. The van der Waals surface area contributed by atoms with E-state index >= 15 is 0 Å². The molecule has 0 radical (unpaired) electrons. The largest absolute Gasteiger partial charge is 0.493 e. The molecule has 0 saturated carbocycles. The maximum absolute atomic E-state index is 6.15. The number of hydrogen-bond acceptors (Lipinski definition) is 2. The Hall–Kier alpha value is -0.540. The molecule has 0 bridgehead atoms. The van der Waals surface area contributed by atoms with Crippen molar-refractivity contribution in [3.05, 3.63) is 27.7 Å². The van der Waals surface area contributed by atoms with Crippen molar-refractivity contribution >= 4 is 15.9 Å². The molecule has 0 N–H and O–H groups in total. The number of nitrogens with zero attached hydrogens (tertiary/aromatic N) is 1. The van der Waals surface area contributed by atoms with Gasteiger partial charge in [0, 0.05) is 11.0 Å². The van der Waals surface area contributed by atoms with Crippen LogP contribution >= 0.6 is 15.9 Å². The molecule has 0 spiro atoms. The molecule has 0 fully saturated rings. The highest BCUT2D eigenvalue weighted by atomic mass is 79.9. The predicted octanol–water partition coefficient (Wildman–Crippen LogP) is 5.03. The van der Waals surface area contributed by atoms with E-state index in [9.17, 15) is 0 Å². The molecule has 3 heteroatoms. The van der Waals surface area contributed by atoms with E-state index < -0.39 is 0 Å². The zero-order chi connectivity index (χ0) is 15.3. The normalized spacial score (nSPS) is 11.7. The Balaban J connectivity index is 2.95. The van der Waals surface area contributed by atoms with Gasteiger partial charge < -0.3 is 9.64 Å². The van der Waals surface area contributed by atoms with Gasteiger partial charge in [-0.25, -0.2) is 0 Å². The summed E-state index contributed by atoms with van der Waals surface area (Å²) in [5.74, 6) is 2.03. The van der Waals surface area contributed by atoms with Gasteiger partial charge in [0.2, 0.25) is 0 Å². The zero-order valence-corrected chi connectivity index (χ0v) is 15.3. The van der Waals surface area contributed by atoms with Gasteiger partial charge in [0.15, 0.2) is 0 Å². The average Bonchev–Trinajstić information content (AvgIpc) is 2.34. The molecule has 0 unspecified atom stereocenters. The topological polar surface area (TPSA) is 12.5 Å². The Morgan fingerprint density at radius 3 is 1.95 bits per heavy atom. The number of hydrogen-bond donors (Lipinski definition) is 0. The molecule has 114 valence electrons. The first-order chi connectivity index (χ1) is 9.32. The van der Waals surface area contributed by atoms with E-state index in [1.165, 1.54) is 11.1 Å². The van der Waals surface area contributed by atoms with E-state index in [2.05, 4.69) is 74.8 Å². The van der Waals surface area contributed by atoms with Crippen LogP contribution in [0.4, 0.5) is 0 Å². The summed E-state index contributed by atoms with van der Waals surface area (Å²) < 4.78 is 7.29. The first kappa shape index (κ1) is 17.5. The summed E-state index contributed by atoms with van der Waals surface area (Å²) in [5, 5.41) is 0. The molecule has 20 heavy (non-hydrogen) atoms. The highest BCUT2D eigenvalue weighted by Crippen LogP contribution is 2.37. The number of halogens is 1. The molecule has 0 saturated heterocycles. The van der Waals surface area contributed by atoms with Gasteiger partial charge in [0.05, 0.1) is 6.61 Å². The summed E-state index contributed by atoms with van der Waals surface area (Å²) >= 11 is 3.62. The van der Waals surface area contributed by atoms with Gasteiger partial charge in [0.25, 0.3) is 0 Å². The molecule has 0 amide bonds. The van der Waals surface area contributed by atoms with Crippen molar-refractivity contribution in [1.29, 1.82) is 0 Å². The SMILES string of the molecule is CC(C)c1cc(Br)cc(C(C)C)c1OCCCN(C)C. The van der Waals surface area contributed by atoms with Crippen LogP contribution in [0.25, 0.3) is 0 Å². The second-order valence-corrected chi connectivity index (χ2v) is 7.14. The Bertz CT molecular complexity index is 398. The van der Waals surface area contributed by atoms with Crippen molar-refractivity contribution < 1.29 is 4.74 Å². The third kappa shape index (κ3) is 5.10. The van der Waals surface area contributed by atoms with E-state index in [-0.39, 0.29) is 0 Å². The monoisotopic (exact) mass is 341 g/mol. The molecule has 1 aromatic rings. The summed E-state index contributed by atoms with van der Waals surface area (Å²) in [7, 11) is 4.19. The molecule has 0 heterocycles. The van der Waals surface area contributed by atoms with Gasteiger partial charge in [-0.15, -0.1) is 0 Å². The summed E-state index contributed by atoms with van der Waals surface area (Å²) in [4.78, 5) is 2.19. The van der Waals surface area contributed by atoms with Gasteiger partial charge in [-0.1, -0.05) is 43.6 Å². The summed E-state index contributed by atoms with van der Waals surface area (Å²) in [6.07, 6.45) is 1.05. The smallest absolute Gasteiger partial charge is 0.126 e. The van der Waals surface area contributed by atoms with Crippen LogP contribution in [0.2, 0.25) is 0 Å². The van der Waals surface area contributed by atoms with Crippen molar-refractivity contribution in [3.63, 3.8) is 0 Å². The lowest BCUT2D eigenvalue weighted by Crippen LogP contribution is -2.16. The standard InChI is InChI=1S/C17H28BrNO/c1-12(2)15-10-14(18)11-16(13(3)4)17(15)20-9-7-8-19(5)6/h10-13H,7-9H2,1-6H3. The van der Waals surface area contributed by atoms with Crippen molar-refractivity contribution in [1.82, 2.24) is 4.90 Å². The van der Waals surface area contributed by atoms with Gasteiger partial charge in [0.1, 0.15) is 5.75 Å². The fourth-order valence-corrected chi connectivity index (χ4v) is 2.71. The molecule has 0 aromatic heterocycles. The van der Waals surface area contributed by atoms with Crippen LogP contribution < -0.4 is 4.74 Å². The summed E-state index contributed by atoms with van der Waals surface area (Å²) in [5.41, 5.74) is 2.60. The van der Waals surface area contributed by atoms with Crippen molar-refractivity contribution in [3.8, 4) is 5.75 Å². The first-order valence-corrected chi connectivity index (χ1v) is 8.23. The molecular weight excluding hydrogens is 314 g/mol. The van der Waals surface area contributed by atoms with Gasteiger partial charge in [-0.05, 0) is 55.6 Å². The van der Waals surface area contributed by atoms with Crippen molar-refractivity contribution in [2.24, 2.45) is 0 Å². The number of ether oxygens (including phenoxy) is 1. The van der Waals surface area contributed by atoms with E-state index in [4.69, 9.17) is 4.74 Å². The number of rotatable bonds is 7. The van der Waals surface area contributed by atoms with Crippen LogP contribution in [0.1, 0.15) is 57.1 Å². The maximum Gasteiger partial charge on any atom is 0.126 e. The Labute approximate surface area is 132 Å². The molecule has 1 aromatic carbocycles. The van der Waals surface area contributed by atoms with E-state index in [0.29, 0.717) is 11.8 Å².